The van der Waals surface area contributed by atoms with Crippen LogP contribution in [0.4, 0.5) is 5.69 Å². The lowest BCUT2D eigenvalue weighted by Gasteiger charge is -2.22. The van der Waals surface area contributed by atoms with Crippen molar-refractivity contribution in [1.29, 1.82) is 0 Å². The Labute approximate surface area is 174 Å². The van der Waals surface area contributed by atoms with Crippen LogP contribution in [-0.2, 0) is 21.2 Å². The number of benzene rings is 1. The maximum Gasteiger partial charge on any atom is 0.232 e. The number of sulfonamides is 1. The van der Waals surface area contributed by atoms with Gasteiger partial charge in [-0.3, -0.25) is 9.10 Å². The highest BCUT2D eigenvalue weighted by Gasteiger charge is 2.17. The Morgan fingerprint density at radius 1 is 1.18 bits per heavy atom. The molecule has 0 spiro atoms. The van der Waals surface area contributed by atoms with Crippen molar-refractivity contribution in [3.8, 4) is 0 Å². The third-order valence-electron chi connectivity index (χ3n) is 5.13. The molecule has 5 nitrogen and oxygen atoms in total. The van der Waals surface area contributed by atoms with Crippen LogP contribution in [-0.4, -0.2) is 44.7 Å². The maximum absolute atomic E-state index is 12.1. The van der Waals surface area contributed by atoms with Crippen LogP contribution >= 0.6 is 11.8 Å². The van der Waals surface area contributed by atoms with Gasteiger partial charge in [-0.2, -0.15) is 11.8 Å². The molecule has 0 atom stereocenters. The smallest absolute Gasteiger partial charge is 0.232 e. The molecule has 0 saturated heterocycles. The summed E-state index contributed by atoms with van der Waals surface area (Å²) in [6.07, 6.45) is 9.61. The van der Waals surface area contributed by atoms with Crippen LogP contribution < -0.4 is 9.62 Å². The molecule has 0 bridgehead atoms. The summed E-state index contributed by atoms with van der Waals surface area (Å²) in [5.41, 5.74) is 1.83. The van der Waals surface area contributed by atoms with Gasteiger partial charge < -0.3 is 5.32 Å². The average molecular weight is 427 g/mol. The van der Waals surface area contributed by atoms with Gasteiger partial charge in [-0.25, -0.2) is 8.42 Å². The van der Waals surface area contributed by atoms with E-state index in [1.165, 1.54) is 48.2 Å². The molecule has 0 aliphatic heterocycles. The predicted molar refractivity (Wildman–Crippen MR) is 120 cm³/mol. The lowest BCUT2D eigenvalue weighted by atomic mass is 10.0. The SMILES string of the molecule is CCc1ccc(N(CCCC(=O)NCCSC2CCCCC2)S(C)(=O)=O)cc1. The highest BCUT2D eigenvalue weighted by atomic mass is 32.2. The molecule has 1 aromatic rings. The molecule has 1 saturated carbocycles. The molecular weight excluding hydrogens is 392 g/mol. The Balaban J connectivity index is 1.71. The van der Waals surface area contributed by atoms with Crippen LogP contribution in [0.25, 0.3) is 0 Å². The number of amides is 1. The normalized spacial score (nSPS) is 15.4. The van der Waals surface area contributed by atoms with E-state index in [0.717, 1.165) is 17.4 Å². The summed E-state index contributed by atoms with van der Waals surface area (Å²) >= 11 is 1.97. The van der Waals surface area contributed by atoms with Crippen LogP contribution in [0, 0.1) is 0 Å². The van der Waals surface area contributed by atoms with Gasteiger partial charge in [0.2, 0.25) is 15.9 Å². The van der Waals surface area contributed by atoms with Gasteiger partial charge >= 0.3 is 0 Å². The summed E-state index contributed by atoms with van der Waals surface area (Å²) in [6, 6.07) is 7.57. The van der Waals surface area contributed by atoms with E-state index in [4.69, 9.17) is 0 Å². The van der Waals surface area contributed by atoms with Gasteiger partial charge in [-0.1, -0.05) is 38.3 Å². The van der Waals surface area contributed by atoms with Crippen molar-refractivity contribution in [1.82, 2.24) is 5.32 Å². The van der Waals surface area contributed by atoms with Crippen LogP contribution in [0.1, 0.15) is 57.4 Å². The maximum atomic E-state index is 12.1. The number of carbonyl (C=O) groups is 1. The topological polar surface area (TPSA) is 66.5 Å². The summed E-state index contributed by atoms with van der Waals surface area (Å²) < 4.78 is 25.7. The van der Waals surface area contributed by atoms with Crippen molar-refractivity contribution in [2.75, 3.05) is 29.4 Å². The second-order valence-electron chi connectivity index (χ2n) is 7.44. The number of nitrogens with one attached hydrogen (secondary N) is 1. The first-order valence-corrected chi connectivity index (χ1v) is 13.2. The summed E-state index contributed by atoms with van der Waals surface area (Å²) in [4.78, 5) is 12.1. The van der Waals surface area contributed by atoms with E-state index in [2.05, 4.69) is 12.2 Å². The molecule has 1 aliphatic carbocycles. The van der Waals surface area contributed by atoms with E-state index in [1.807, 2.05) is 36.0 Å². The zero-order chi connectivity index (χ0) is 20.4. The third kappa shape index (κ3) is 8.03. The highest BCUT2D eigenvalue weighted by Crippen LogP contribution is 2.27. The molecule has 0 heterocycles. The standard InChI is InChI=1S/C21H34N2O3S2/c1-3-18-11-13-19(14-12-18)23(28(2,25)26)16-7-10-21(24)22-15-17-27-20-8-5-4-6-9-20/h11-14,20H,3-10,15-17H2,1-2H3,(H,22,24). The first-order valence-electron chi connectivity index (χ1n) is 10.3. The minimum atomic E-state index is -3.37. The van der Waals surface area contributed by atoms with Gasteiger partial charge in [0.05, 0.1) is 11.9 Å². The molecule has 1 fully saturated rings. The first kappa shape index (κ1) is 23.1. The van der Waals surface area contributed by atoms with E-state index < -0.39 is 10.0 Å². The van der Waals surface area contributed by atoms with E-state index in [1.54, 1.807) is 0 Å². The van der Waals surface area contributed by atoms with Gasteiger partial charge in [0.1, 0.15) is 0 Å². The molecular formula is C21H34N2O3S2. The Kier molecular flexibility index (Phi) is 9.65. The number of thioether (sulfide) groups is 1. The lowest BCUT2D eigenvalue weighted by molar-refractivity contribution is -0.121. The van der Waals surface area contributed by atoms with Crippen molar-refractivity contribution in [2.45, 2.75) is 63.5 Å². The van der Waals surface area contributed by atoms with Crippen molar-refractivity contribution >= 4 is 33.4 Å². The minimum absolute atomic E-state index is 0.000902. The molecule has 7 heteroatoms. The second-order valence-corrected chi connectivity index (χ2v) is 10.8. The fourth-order valence-electron chi connectivity index (χ4n) is 3.50. The Hall–Kier alpha value is -1.21. The average Bonchev–Trinajstić information content (AvgIpc) is 2.68. The molecule has 1 N–H and O–H groups in total. The fourth-order valence-corrected chi connectivity index (χ4v) is 5.69. The van der Waals surface area contributed by atoms with E-state index >= 15 is 0 Å². The molecule has 1 amide bonds. The van der Waals surface area contributed by atoms with Crippen molar-refractivity contribution < 1.29 is 13.2 Å². The molecule has 158 valence electrons. The predicted octanol–water partition coefficient (Wildman–Crippen LogP) is 3.98. The van der Waals surface area contributed by atoms with Crippen LogP contribution in [0.3, 0.4) is 0 Å². The Morgan fingerprint density at radius 3 is 2.46 bits per heavy atom. The van der Waals surface area contributed by atoms with Gasteiger partial charge in [0.15, 0.2) is 0 Å². The minimum Gasteiger partial charge on any atom is -0.355 e. The highest BCUT2D eigenvalue weighted by molar-refractivity contribution is 7.99. The number of carbonyl (C=O) groups excluding carboxylic acids is 1. The number of aryl methyl sites for hydroxylation is 1. The van der Waals surface area contributed by atoms with Crippen molar-refractivity contribution in [3.63, 3.8) is 0 Å². The zero-order valence-corrected chi connectivity index (χ0v) is 18.8. The van der Waals surface area contributed by atoms with Gasteiger partial charge in [0, 0.05) is 30.5 Å². The molecule has 2 rings (SSSR count). The van der Waals surface area contributed by atoms with Gasteiger partial charge in [-0.05, 0) is 43.4 Å². The monoisotopic (exact) mass is 426 g/mol. The van der Waals surface area contributed by atoms with Gasteiger partial charge in [-0.15, -0.1) is 0 Å². The molecule has 1 aromatic carbocycles. The third-order valence-corrected chi connectivity index (χ3v) is 7.70. The summed E-state index contributed by atoms with van der Waals surface area (Å²) in [6.45, 7) is 3.07. The fraction of sp³-hybridized carbons (Fsp3) is 0.667. The number of hydrogen-bond acceptors (Lipinski definition) is 4. The van der Waals surface area contributed by atoms with Crippen LogP contribution in [0.15, 0.2) is 24.3 Å². The van der Waals surface area contributed by atoms with Crippen LogP contribution in [0.5, 0.6) is 0 Å². The van der Waals surface area contributed by atoms with Crippen LogP contribution in [0.2, 0.25) is 0 Å². The summed E-state index contributed by atoms with van der Waals surface area (Å²) in [5, 5.41) is 3.72. The quantitative estimate of drug-likeness (QED) is 0.544. The van der Waals surface area contributed by atoms with Crippen molar-refractivity contribution in [2.24, 2.45) is 0 Å². The first-order chi connectivity index (χ1) is 13.4. The number of rotatable bonds is 11. The molecule has 28 heavy (non-hydrogen) atoms. The number of hydrogen-bond donors (Lipinski definition) is 1. The summed E-state index contributed by atoms with van der Waals surface area (Å²) in [5.74, 6) is 0.953. The van der Waals surface area contributed by atoms with E-state index in [-0.39, 0.29) is 5.91 Å². The molecule has 1 aliphatic rings. The second kappa shape index (κ2) is 11.7. The molecule has 0 aromatic heterocycles. The molecule has 0 unspecified atom stereocenters. The zero-order valence-electron chi connectivity index (χ0n) is 17.2. The van der Waals surface area contributed by atoms with Crippen molar-refractivity contribution in [3.05, 3.63) is 29.8 Å². The lowest BCUT2D eigenvalue weighted by Crippen LogP contribution is -2.32. The number of anilines is 1. The van der Waals surface area contributed by atoms with E-state index in [0.29, 0.717) is 31.6 Å². The number of nitrogens with zero attached hydrogens (tertiary/aromatic N) is 1. The Morgan fingerprint density at radius 2 is 1.86 bits per heavy atom. The van der Waals surface area contributed by atoms with E-state index in [9.17, 15) is 13.2 Å². The summed E-state index contributed by atoms with van der Waals surface area (Å²) in [7, 11) is -3.37. The largest absolute Gasteiger partial charge is 0.355 e. The molecule has 0 radical (unpaired) electrons. The Bertz CT molecular complexity index is 699. The van der Waals surface area contributed by atoms with Gasteiger partial charge in [0.25, 0.3) is 0 Å².